The summed E-state index contributed by atoms with van der Waals surface area (Å²) in [5.74, 6) is 0.853. The second-order valence-electron chi connectivity index (χ2n) is 8.42. The first kappa shape index (κ1) is 25.9. The quantitative estimate of drug-likeness (QED) is 0.179. The number of benzene rings is 4. The molecule has 0 radical (unpaired) electrons. The predicted molar refractivity (Wildman–Crippen MR) is 152 cm³/mol. The van der Waals surface area contributed by atoms with Crippen molar-refractivity contribution in [3.63, 3.8) is 0 Å². The minimum absolute atomic E-state index is 0.185. The van der Waals surface area contributed by atoms with Crippen molar-refractivity contribution in [2.75, 3.05) is 18.5 Å². The lowest BCUT2D eigenvalue weighted by Crippen LogP contribution is -2.34. The molecule has 0 aliphatic rings. The van der Waals surface area contributed by atoms with Gasteiger partial charge >= 0.3 is 0 Å². The smallest absolute Gasteiger partial charge is 0.261 e. The first-order chi connectivity index (χ1) is 18.2. The highest BCUT2D eigenvalue weighted by molar-refractivity contribution is 7.80. The van der Waals surface area contributed by atoms with E-state index in [2.05, 4.69) is 34.9 Å². The van der Waals surface area contributed by atoms with E-state index in [9.17, 15) is 4.79 Å². The number of thiocarbonyl (C=S) groups is 1. The Labute approximate surface area is 223 Å². The van der Waals surface area contributed by atoms with E-state index >= 15 is 0 Å². The Morgan fingerprint density at radius 1 is 0.649 bits per heavy atom. The molecule has 0 heterocycles. The van der Waals surface area contributed by atoms with Crippen molar-refractivity contribution in [1.82, 2.24) is 5.32 Å². The monoisotopic (exact) mass is 510 g/mol. The third-order valence-corrected chi connectivity index (χ3v) is 5.90. The lowest BCUT2D eigenvalue weighted by atomic mass is 10.1. The molecule has 2 N–H and O–H groups in total. The third kappa shape index (κ3) is 8.19. The van der Waals surface area contributed by atoms with Crippen molar-refractivity contribution in [2.24, 2.45) is 0 Å². The molecule has 0 saturated heterocycles. The summed E-state index contributed by atoms with van der Waals surface area (Å²) in [6.07, 6.45) is 2.58. The molecule has 188 valence electrons. The molecular formula is C31H30N2O3S. The molecule has 0 aliphatic heterocycles. The van der Waals surface area contributed by atoms with Crippen LogP contribution in [0.15, 0.2) is 109 Å². The normalized spacial score (nSPS) is 10.4. The van der Waals surface area contributed by atoms with Crippen molar-refractivity contribution >= 4 is 28.9 Å². The lowest BCUT2D eigenvalue weighted by Gasteiger charge is -2.15. The van der Waals surface area contributed by atoms with Gasteiger partial charge in [-0.25, -0.2) is 0 Å². The number of amides is 1. The largest absolute Gasteiger partial charge is 0.492 e. The predicted octanol–water partition coefficient (Wildman–Crippen LogP) is 6.45. The molecule has 0 unspecified atom stereocenters. The minimum atomic E-state index is -0.339. The molecule has 0 atom stereocenters. The highest BCUT2D eigenvalue weighted by atomic mass is 32.1. The number of para-hydroxylation sites is 3. The molecule has 4 rings (SSSR count). The van der Waals surface area contributed by atoms with Crippen LogP contribution in [0.5, 0.6) is 11.5 Å². The molecule has 0 spiro atoms. The average Bonchev–Trinajstić information content (AvgIpc) is 2.93. The topological polar surface area (TPSA) is 59.6 Å². The molecule has 4 aromatic rings. The number of rotatable bonds is 11. The Morgan fingerprint density at radius 3 is 1.95 bits per heavy atom. The maximum Gasteiger partial charge on any atom is 0.261 e. The summed E-state index contributed by atoms with van der Waals surface area (Å²) < 4.78 is 11.9. The number of carbonyl (C=O) groups is 1. The lowest BCUT2D eigenvalue weighted by molar-refractivity contribution is 0.0974. The summed E-state index contributed by atoms with van der Waals surface area (Å²) in [5, 5.41) is 6.03. The van der Waals surface area contributed by atoms with E-state index < -0.39 is 0 Å². The maximum absolute atomic E-state index is 13.0. The highest BCUT2D eigenvalue weighted by Gasteiger charge is 2.14. The van der Waals surface area contributed by atoms with Gasteiger partial charge in [0.2, 0.25) is 0 Å². The minimum Gasteiger partial charge on any atom is -0.492 e. The number of hydrogen-bond acceptors (Lipinski definition) is 4. The van der Waals surface area contributed by atoms with Crippen LogP contribution in [0.1, 0.15) is 27.9 Å². The Balaban J connectivity index is 1.29. The Kier molecular flexibility index (Phi) is 9.67. The van der Waals surface area contributed by atoms with Gasteiger partial charge in [-0.3, -0.25) is 10.1 Å². The summed E-state index contributed by atoms with van der Waals surface area (Å²) in [5.41, 5.74) is 3.58. The molecular weight excluding hydrogens is 480 g/mol. The van der Waals surface area contributed by atoms with Crippen molar-refractivity contribution in [1.29, 1.82) is 0 Å². The number of ether oxygens (including phenoxy) is 2. The van der Waals surface area contributed by atoms with Gasteiger partial charge in [-0.1, -0.05) is 84.9 Å². The van der Waals surface area contributed by atoms with E-state index in [-0.39, 0.29) is 11.0 Å². The maximum atomic E-state index is 13.0. The van der Waals surface area contributed by atoms with Crippen molar-refractivity contribution in [3.05, 3.63) is 126 Å². The Bertz CT molecular complexity index is 1300. The zero-order chi connectivity index (χ0) is 25.7. The fourth-order valence-electron chi connectivity index (χ4n) is 3.83. The third-order valence-electron chi connectivity index (χ3n) is 5.70. The summed E-state index contributed by atoms with van der Waals surface area (Å²) >= 11 is 5.43. The van der Waals surface area contributed by atoms with Gasteiger partial charge in [0.1, 0.15) is 11.5 Å². The molecule has 37 heavy (non-hydrogen) atoms. The van der Waals surface area contributed by atoms with Crippen LogP contribution in [-0.2, 0) is 12.8 Å². The van der Waals surface area contributed by atoms with Crippen molar-refractivity contribution in [3.8, 4) is 11.5 Å². The Hall–Kier alpha value is -4.16. The van der Waals surface area contributed by atoms with Crippen LogP contribution in [0.4, 0.5) is 5.69 Å². The molecule has 0 aliphatic carbocycles. The fourth-order valence-corrected chi connectivity index (χ4v) is 4.03. The second-order valence-corrected chi connectivity index (χ2v) is 8.83. The van der Waals surface area contributed by atoms with Crippen LogP contribution in [0.3, 0.4) is 0 Å². The Morgan fingerprint density at radius 2 is 1.22 bits per heavy atom. The number of hydrogen-bond donors (Lipinski definition) is 2. The highest BCUT2D eigenvalue weighted by Crippen LogP contribution is 2.24. The zero-order valence-corrected chi connectivity index (χ0v) is 21.4. The molecule has 6 heteroatoms. The van der Waals surface area contributed by atoms with Gasteiger partial charge in [-0.15, -0.1) is 0 Å². The van der Waals surface area contributed by atoms with Gasteiger partial charge in [0.05, 0.1) is 24.5 Å². The van der Waals surface area contributed by atoms with Crippen molar-refractivity contribution < 1.29 is 14.3 Å². The van der Waals surface area contributed by atoms with Crippen LogP contribution in [0.2, 0.25) is 0 Å². The number of anilines is 1. The summed E-state index contributed by atoms with van der Waals surface area (Å²) in [7, 11) is 0. The molecule has 0 saturated carbocycles. The summed E-state index contributed by atoms with van der Waals surface area (Å²) in [6.45, 7) is 1.03. The van der Waals surface area contributed by atoms with Crippen LogP contribution in [-0.4, -0.2) is 24.2 Å². The SMILES string of the molecule is O=C(NC(=S)Nc1ccccc1OCCCc1ccccc1)c1ccccc1OCCc1ccccc1. The molecule has 0 aromatic heterocycles. The molecule has 0 bridgehead atoms. The van der Waals surface area contributed by atoms with E-state index in [0.29, 0.717) is 36.0 Å². The molecule has 1 amide bonds. The van der Waals surface area contributed by atoms with Gasteiger partial charge in [0, 0.05) is 6.42 Å². The first-order valence-electron chi connectivity index (χ1n) is 12.3. The van der Waals surface area contributed by atoms with Crippen LogP contribution in [0.25, 0.3) is 0 Å². The van der Waals surface area contributed by atoms with Crippen LogP contribution >= 0.6 is 12.2 Å². The average molecular weight is 511 g/mol. The van der Waals surface area contributed by atoms with Gasteiger partial charge in [-0.05, 0) is 60.5 Å². The molecule has 5 nitrogen and oxygen atoms in total. The number of nitrogens with one attached hydrogen (secondary N) is 2. The second kappa shape index (κ2) is 13.8. The first-order valence-corrected chi connectivity index (χ1v) is 12.7. The van der Waals surface area contributed by atoms with Crippen LogP contribution in [0, 0.1) is 0 Å². The van der Waals surface area contributed by atoms with Gasteiger partial charge in [0.15, 0.2) is 5.11 Å². The van der Waals surface area contributed by atoms with E-state index in [4.69, 9.17) is 21.7 Å². The molecule has 0 fully saturated rings. The van der Waals surface area contributed by atoms with Crippen molar-refractivity contribution in [2.45, 2.75) is 19.3 Å². The number of aryl methyl sites for hydroxylation is 1. The van der Waals surface area contributed by atoms with E-state index in [1.807, 2.05) is 66.7 Å². The summed E-state index contributed by atoms with van der Waals surface area (Å²) in [6, 6.07) is 35.1. The van der Waals surface area contributed by atoms with Crippen LogP contribution < -0.4 is 20.1 Å². The summed E-state index contributed by atoms with van der Waals surface area (Å²) in [4.78, 5) is 13.0. The van der Waals surface area contributed by atoms with Gasteiger partial charge in [-0.2, -0.15) is 0 Å². The standard InChI is InChI=1S/C31H30N2O3S/c34-30(26-17-7-9-19-28(26)36-23-21-25-14-5-2-6-15-25)33-31(37)32-27-18-8-10-20-29(27)35-22-11-16-24-12-3-1-4-13-24/h1-10,12-15,17-20H,11,16,21-23H2,(H2,32,33,34,37). The zero-order valence-electron chi connectivity index (χ0n) is 20.6. The van der Waals surface area contributed by atoms with E-state index in [1.165, 1.54) is 11.1 Å². The molecule has 4 aromatic carbocycles. The van der Waals surface area contributed by atoms with Gasteiger partial charge in [0.25, 0.3) is 5.91 Å². The van der Waals surface area contributed by atoms with E-state index in [0.717, 1.165) is 19.3 Å². The number of carbonyl (C=O) groups excluding carboxylic acids is 1. The fraction of sp³-hybridized carbons (Fsp3) is 0.161. The van der Waals surface area contributed by atoms with Gasteiger partial charge < -0.3 is 14.8 Å². The van der Waals surface area contributed by atoms with E-state index in [1.54, 1.807) is 18.2 Å².